The van der Waals surface area contributed by atoms with E-state index in [9.17, 15) is 10.1 Å². The highest BCUT2D eigenvalue weighted by atomic mass is 16.6. The summed E-state index contributed by atoms with van der Waals surface area (Å²) in [6.07, 6.45) is 0.476. The fourth-order valence-electron chi connectivity index (χ4n) is 2.51. The first kappa shape index (κ1) is 13.9. The third-order valence-electron chi connectivity index (χ3n) is 3.58. The maximum Gasteiger partial charge on any atom is 0.272 e. The van der Waals surface area contributed by atoms with Crippen LogP contribution in [0.1, 0.15) is 12.5 Å². The molecule has 1 aliphatic rings. The van der Waals surface area contributed by atoms with Gasteiger partial charge in [0.25, 0.3) is 5.69 Å². The molecule has 2 rings (SSSR count). The number of nitro groups is 1. The fourth-order valence-corrected chi connectivity index (χ4v) is 2.51. The zero-order chi connectivity index (χ0) is 13.9. The maximum atomic E-state index is 11.0. The van der Waals surface area contributed by atoms with E-state index in [0.717, 1.165) is 26.2 Å². The van der Waals surface area contributed by atoms with E-state index in [1.165, 1.54) is 6.07 Å². The van der Waals surface area contributed by atoms with Crippen LogP contribution in [0, 0.1) is 10.1 Å². The molecule has 104 valence electrons. The van der Waals surface area contributed by atoms with Crippen LogP contribution in [0.3, 0.4) is 0 Å². The molecule has 0 saturated carbocycles. The Hall–Kier alpha value is -1.50. The fraction of sp³-hybridized carbons (Fsp3) is 0.538. The number of nitro benzene ring substituents is 1. The van der Waals surface area contributed by atoms with Gasteiger partial charge in [0.1, 0.15) is 0 Å². The van der Waals surface area contributed by atoms with Crippen LogP contribution < -0.4 is 11.1 Å². The summed E-state index contributed by atoms with van der Waals surface area (Å²) in [6, 6.07) is 6.81. The van der Waals surface area contributed by atoms with Crippen molar-refractivity contribution in [1.82, 2.24) is 10.2 Å². The number of para-hydroxylation sites is 1. The molecule has 1 saturated heterocycles. The van der Waals surface area contributed by atoms with Gasteiger partial charge in [-0.25, -0.2) is 0 Å². The molecular weight excluding hydrogens is 244 g/mol. The van der Waals surface area contributed by atoms with E-state index in [-0.39, 0.29) is 10.6 Å². The van der Waals surface area contributed by atoms with Crippen molar-refractivity contribution in [1.29, 1.82) is 0 Å². The lowest BCUT2D eigenvalue weighted by atomic mass is 9.98. The van der Waals surface area contributed by atoms with Gasteiger partial charge in [-0.3, -0.25) is 15.0 Å². The molecule has 1 heterocycles. The highest BCUT2D eigenvalue weighted by molar-refractivity contribution is 5.40. The van der Waals surface area contributed by atoms with Crippen molar-refractivity contribution >= 4 is 5.69 Å². The number of benzene rings is 1. The second-order valence-corrected chi connectivity index (χ2v) is 5.16. The highest BCUT2D eigenvalue weighted by Crippen LogP contribution is 2.23. The van der Waals surface area contributed by atoms with Crippen LogP contribution in [0.5, 0.6) is 0 Å². The van der Waals surface area contributed by atoms with Gasteiger partial charge in [0, 0.05) is 44.2 Å². The summed E-state index contributed by atoms with van der Waals surface area (Å²) in [5.74, 6) is 0. The van der Waals surface area contributed by atoms with Crippen LogP contribution >= 0.6 is 0 Å². The maximum absolute atomic E-state index is 11.0. The van der Waals surface area contributed by atoms with Gasteiger partial charge < -0.3 is 11.1 Å². The molecule has 19 heavy (non-hydrogen) atoms. The van der Waals surface area contributed by atoms with Crippen molar-refractivity contribution < 1.29 is 4.92 Å². The average Bonchev–Trinajstić information content (AvgIpc) is 2.39. The molecule has 0 radical (unpaired) electrons. The Kier molecular flexibility index (Phi) is 4.14. The lowest BCUT2D eigenvalue weighted by molar-refractivity contribution is -0.385. The van der Waals surface area contributed by atoms with Crippen LogP contribution in [0.25, 0.3) is 0 Å². The second-order valence-electron chi connectivity index (χ2n) is 5.16. The summed E-state index contributed by atoms with van der Waals surface area (Å²) >= 11 is 0. The van der Waals surface area contributed by atoms with E-state index in [4.69, 9.17) is 5.73 Å². The Bertz CT molecular complexity index is 456. The number of rotatable bonds is 4. The quantitative estimate of drug-likeness (QED) is 0.618. The summed E-state index contributed by atoms with van der Waals surface area (Å²) in [6.45, 7) is 5.49. The molecule has 0 aliphatic carbocycles. The van der Waals surface area contributed by atoms with Gasteiger partial charge >= 0.3 is 0 Å². The highest BCUT2D eigenvalue weighted by Gasteiger charge is 2.30. The van der Waals surface area contributed by atoms with Gasteiger partial charge in [0.05, 0.1) is 10.6 Å². The monoisotopic (exact) mass is 264 g/mol. The summed E-state index contributed by atoms with van der Waals surface area (Å²) in [5.41, 5.74) is 6.65. The molecule has 0 bridgehead atoms. The predicted octanol–water partition coefficient (Wildman–Crippen LogP) is 0.717. The zero-order valence-electron chi connectivity index (χ0n) is 11.1. The third-order valence-corrected chi connectivity index (χ3v) is 3.58. The average molecular weight is 264 g/mol. The first-order chi connectivity index (χ1) is 9.00. The van der Waals surface area contributed by atoms with Crippen LogP contribution in [-0.2, 0) is 6.42 Å². The Balaban J connectivity index is 2.17. The van der Waals surface area contributed by atoms with Crippen molar-refractivity contribution in [2.75, 3.05) is 26.2 Å². The van der Waals surface area contributed by atoms with Crippen molar-refractivity contribution in [3.05, 3.63) is 39.9 Å². The third kappa shape index (κ3) is 3.28. The second kappa shape index (κ2) is 5.64. The molecule has 1 fully saturated rings. The van der Waals surface area contributed by atoms with Gasteiger partial charge in [-0.15, -0.1) is 0 Å². The molecular formula is C13H20N4O2. The van der Waals surface area contributed by atoms with Gasteiger partial charge in [0.2, 0.25) is 0 Å². The Labute approximate surface area is 112 Å². The number of nitrogens with one attached hydrogen (secondary N) is 1. The van der Waals surface area contributed by atoms with E-state index < -0.39 is 5.66 Å². The van der Waals surface area contributed by atoms with E-state index in [1.54, 1.807) is 12.1 Å². The van der Waals surface area contributed by atoms with Crippen LogP contribution in [0.15, 0.2) is 24.3 Å². The topological polar surface area (TPSA) is 84.4 Å². The normalized spacial score (nSPS) is 19.9. The van der Waals surface area contributed by atoms with Gasteiger partial charge in [-0.05, 0) is 6.92 Å². The van der Waals surface area contributed by atoms with Gasteiger partial charge in [0.15, 0.2) is 0 Å². The minimum atomic E-state index is -0.561. The lowest BCUT2D eigenvalue weighted by Crippen LogP contribution is -2.60. The Morgan fingerprint density at radius 3 is 2.68 bits per heavy atom. The molecule has 0 aromatic heterocycles. The minimum absolute atomic E-state index is 0.148. The van der Waals surface area contributed by atoms with E-state index >= 15 is 0 Å². The Morgan fingerprint density at radius 2 is 2.05 bits per heavy atom. The molecule has 3 N–H and O–H groups in total. The summed E-state index contributed by atoms with van der Waals surface area (Å²) in [4.78, 5) is 12.9. The van der Waals surface area contributed by atoms with Crippen molar-refractivity contribution in [2.45, 2.75) is 19.0 Å². The number of nitrogens with zero attached hydrogens (tertiary/aromatic N) is 2. The lowest BCUT2D eigenvalue weighted by Gasteiger charge is -2.40. The van der Waals surface area contributed by atoms with Crippen molar-refractivity contribution in [2.24, 2.45) is 5.73 Å². The number of hydrogen-bond acceptors (Lipinski definition) is 5. The number of nitrogens with two attached hydrogens (primary N) is 1. The summed E-state index contributed by atoms with van der Waals surface area (Å²) in [7, 11) is 0. The molecule has 1 unspecified atom stereocenters. The standard InChI is InChI=1S/C13H20N4O2/c1-13(14,16-8-6-15-7-9-16)10-11-4-2-3-5-12(11)17(18)19/h2-5,15H,6-10,14H2,1H3. The number of piperazine rings is 1. The van der Waals surface area contributed by atoms with E-state index in [1.807, 2.05) is 13.0 Å². The largest absolute Gasteiger partial charge is 0.314 e. The Morgan fingerprint density at radius 1 is 1.42 bits per heavy atom. The first-order valence-electron chi connectivity index (χ1n) is 6.48. The summed E-state index contributed by atoms with van der Waals surface area (Å²) < 4.78 is 0. The van der Waals surface area contributed by atoms with Gasteiger partial charge in [-0.1, -0.05) is 18.2 Å². The molecule has 0 amide bonds. The smallest absolute Gasteiger partial charge is 0.272 e. The predicted molar refractivity (Wildman–Crippen MR) is 73.8 cm³/mol. The van der Waals surface area contributed by atoms with E-state index in [2.05, 4.69) is 10.2 Å². The molecule has 0 spiro atoms. The van der Waals surface area contributed by atoms with Crippen LogP contribution in [0.4, 0.5) is 5.69 Å². The van der Waals surface area contributed by atoms with Crippen molar-refractivity contribution in [3.8, 4) is 0 Å². The van der Waals surface area contributed by atoms with Crippen molar-refractivity contribution in [3.63, 3.8) is 0 Å². The number of hydrogen-bond donors (Lipinski definition) is 2. The molecule has 1 aliphatic heterocycles. The molecule has 6 heteroatoms. The zero-order valence-corrected chi connectivity index (χ0v) is 11.1. The van der Waals surface area contributed by atoms with Gasteiger partial charge in [-0.2, -0.15) is 0 Å². The van der Waals surface area contributed by atoms with Crippen LogP contribution in [-0.4, -0.2) is 41.7 Å². The van der Waals surface area contributed by atoms with Crippen LogP contribution in [0.2, 0.25) is 0 Å². The molecule has 1 aromatic rings. The SMILES string of the molecule is CC(N)(Cc1ccccc1[N+](=O)[O-])N1CCNCC1. The molecule has 6 nitrogen and oxygen atoms in total. The summed E-state index contributed by atoms with van der Waals surface area (Å²) in [5, 5.41) is 14.3. The molecule has 1 aromatic carbocycles. The minimum Gasteiger partial charge on any atom is -0.314 e. The van der Waals surface area contributed by atoms with E-state index in [0.29, 0.717) is 12.0 Å². The molecule has 1 atom stereocenters. The first-order valence-corrected chi connectivity index (χ1v) is 6.48.